The van der Waals surface area contributed by atoms with Crippen LogP contribution in [-0.4, -0.2) is 25.7 Å². The lowest BCUT2D eigenvalue weighted by Gasteiger charge is -1.98. The number of aromatic nitrogens is 3. The van der Waals surface area contributed by atoms with Gasteiger partial charge in [-0.1, -0.05) is 0 Å². The van der Waals surface area contributed by atoms with Gasteiger partial charge in [-0.3, -0.25) is 9.20 Å². The van der Waals surface area contributed by atoms with Crippen LogP contribution in [-0.2, 0) is 4.79 Å². The summed E-state index contributed by atoms with van der Waals surface area (Å²) in [4.78, 5) is 10.8. The fourth-order valence-electron chi connectivity index (χ4n) is 2.02. The molecule has 0 aromatic carbocycles. The molecule has 2 aromatic rings. The fraction of sp³-hybridized carbons (Fsp3) is 0.364. The van der Waals surface area contributed by atoms with Crippen LogP contribution in [0.3, 0.4) is 0 Å². The van der Waals surface area contributed by atoms with Crippen LogP contribution >= 0.6 is 0 Å². The Bertz CT molecular complexity index is 576. The summed E-state index contributed by atoms with van der Waals surface area (Å²) in [6.45, 7) is 1.99. The second-order valence-corrected chi connectivity index (χ2v) is 4.28. The zero-order valence-corrected chi connectivity index (χ0v) is 8.79. The molecule has 5 heteroatoms. The van der Waals surface area contributed by atoms with E-state index >= 15 is 0 Å². The maximum Gasteiger partial charge on any atom is 0.307 e. The van der Waals surface area contributed by atoms with Crippen molar-refractivity contribution in [2.75, 3.05) is 0 Å². The second kappa shape index (κ2) is 3.04. The summed E-state index contributed by atoms with van der Waals surface area (Å²) in [7, 11) is 0. The maximum atomic E-state index is 10.8. The zero-order valence-electron chi connectivity index (χ0n) is 8.79. The molecule has 5 nitrogen and oxygen atoms in total. The average Bonchev–Trinajstić information content (AvgIpc) is 2.93. The summed E-state index contributed by atoms with van der Waals surface area (Å²) in [5, 5.41) is 17.0. The van der Waals surface area contributed by atoms with Crippen LogP contribution < -0.4 is 0 Å². The minimum atomic E-state index is -0.742. The summed E-state index contributed by atoms with van der Waals surface area (Å²) >= 11 is 0. The van der Waals surface area contributed by atoms with E-state index in [9.17, 15) is 4.79 Å². The van der Waals surface area contributed by atoms with Crippen molar-refractivity contribution in [3.8, 4) is 0 Å². The standard InChI is InChI=1S/C11H11N3O2/c1-6-2-3-14-9(4-6)12-13-10(14)7-5-8(7)11(15)16/h2-4,7-8H,5H2,1H3,(H,15,16). The molecule has 0 spiro atoms. The quantitative estimate of drug-likeness (QED) is 0.821. The normalized spacial score (nSPS) is 23.6. The van der Waals surface area contributed by atoms with Crippen LogP contribution in [0.5, 0.6) is 0 Å². The van der Waals surface area contributed by atoms with Crippen molar-refractivity contribution in [2.24, 2.45) is 5.92 Å². The molecule has 1 N–H and O–H groups in total. The Balaban J connectivity index is 2.03. The van der Waals surface area contributed by atoms with Crippen molar-refractivity contribution in [2.45, 2.75) is 19.3 Å². The summed E-state index contributed by atoms with van der Waals surface area (Å²) in [5.41, 5.74) is 1.91. The van der Waals surface area contributed by atoms with E-state index in [2.05, 4.69) is 10.2 Å². The van der Waals surface area contributed by atoms with Gasteiger partial charge in [0.15, 0.2) is 5.65 Å². The molecular formula is C11H11N3O2. The molecule has 0 amide bonds. The number of aliphatic carboxylic acids is 1. The first kappa shape index (κ1) is 9.33. The van der Waals surface area contributed by atoms with Gasteiger partial charge in [0, 0.05) is 12.1 Å². The minimum absolute atomic E-state index is 0.0233. The van der Waals surface area contributed by atoms with Crippen molar-refractivity contribution in [1.82, 2.24) is 14.6 Å². The van der Waals surface area contributed by atoms with E-state index in [1.165, 1.54) is 0 Å². The van der Waals surface area contributed by atoms with E-state index in [4.69, 9.17) is 5.11 Å². The third-order valence-electron chi connectivity index (χ3n) is 3.03. The Morgan fingerprint density at radius 1 is 1.56 bits per heavy atom. The molecule has 1 aliphatic rings. The Morgan fingerprint density at radius 3 is 3.06 bits per heavy atom. The highest BCUT2D eigenvalue weighted by Gasteiger charge is 2.47. The monoisotopic (exact) mass is 217 g/mol. The van der Waals surface area contributed by atoms with Gasteiger partial charge in [0.1, 0.15) is 5.82 Å². The number of aryl methyl sites for hydroxylation is 1. The van der Waals surface area contributed by atoms with Gasteiger partial charge in [-0.2, -0.15) is 0 Å². The summed E-state index contributed by atoms with van der Waals surface area (Å²) < 4.78 is 1.88. The lowest BCUT2D eigenvalue weighted by atomic mass is 10.3. The highest BCUT2D eigenvalue weighted by molar-refractivity contribution is 5.75. The van der Waals surface area contributed by atoms with Crippen LogP contribution in [0.15, 0.2) is 18.3 Å². The lowest BCUT2D eigenvalue weighted by Crippen LogP contribution is -2.01. The number of pyridine rings is 1. The van der Waals surface area contributed by atoms with Gasteiger partial charge >= 0.3 is 5.97 Å². The lowest BCUT2D eigenvalue weighted by molar-refractivity contribution is -0.138. The third kappa shape index (κ3) is 1.28. The second-order valence-electron chi connectivity index (χ2n) is 4.28. The van der Waals surface area contributed by atoms with Gasteiger partial charge in [-0.05, 0) is 31.0 Å². The molecule has 2 aromatic heterocycles. The van der Waals surface area contributed by atoms with Crippen LogP contribution in [0, 0.1) is 12.8 Å². The van der Waals surface area contributed by atoms with E-state index in [1.807, 2.05) is 29.7 Å². The molecule has 1 fully saturated rings. The maximum absolute atomic E-state index is 10.8. The molecule has 1 saturated carbocycles. The van der Waals surface area contributed by atoms with Crippen LogP contribution in [0.25, 0.3) is 5.65 Å². The minimum Gasteiger partial charge on any atom is -0.481 e. The summed E-state index contributed by atoms with van der Waals surface area (Å²) in [5.74, 6) is -0.236. The molecule has 1 aliphatic carbocycles. The summed E-state index contributed by atoms with van der Waals surface area (Å²) in [6.07, 6.45) is 2.57. The van der Waals surface area contributed by atoms with Crippen molar-refractivity contribution in [3.63, 3.8) is 0 Å². The van der Waals surface area contributed by atoms with Gasteiger partial charge in [0.05, 0.1) is 5.92 Å². The first-order valence-corrected chi connectivity index (χ1v) is 5.21. The van der Waals surface area contributed by atoms with Crippen molar-refractivity contribution in [1.29, 1.82) is 0 Å². The molecule has 2 atom stereocenters. The number of rotatable bonds is 2. The first-order valence-electron chi connectivity index (χ1n) is 5.21. The van der Waals surface area contributed by atoms with E-state index in [0.29, 0.717) is 6.42 Å². The van der Waals surface area contributed by atoms with Gasteiger partial charge in [0.25, 0.3) is 0 Å². The zero-order chi connectivity index (χ0) is 11.3. The number of carboxylic acids is 1. The van der Waals surface area contributed by atoms with E-state index in [0.717, 1.165) is 17.0 Å². The van der Waals surface area contributed by atoms with Crippen molar-refractivity contribution < 1.29 is 9.90 Å². The molecule has 16 heavy (non-hydrogen) atoms. The predicted molar refractivity (Wildman–Crippen MR) is 56.2 cm³/mol. The predicted octanol–water partition coefficient (Wildman–Crippen LogP) is 1.23. The van der Waals surface area contributed by atoms with E-state index in [1.54, 1.807) is 0 Å². The van der Waals surface area contributed by atoms with Crippen molar-refractivity contribution >= 4 is 11.6 Å². The Hall–Kier alpha value is -1.91. The molecule has 2 heterocycles. The molecule has 82 valence electrons. The number of carbonyl (C=O) groups is 1. The summed E-state index contributed by atoms with van der Waals surface area (Å²) in [6, 6.07) is 3.91. The van der Waals surface area contributed by atoms with Gasteiger partial charge in [-0.15, -0.1) is 10.2 Å². The number of fused-ring (bicyclic) bond motifs is 1. The highest BCUT2D eigenvalue weighted by atomic mass is 16.4. The molecule has 2 unspecified atom stereocenters. The Labute approximate surface area is 91.7 Å². The van der Waals surface area contributed by atoms with Crippen LogP contribution in [0.2, 0.25) is 0 Å². The Kier molecular flexibility index (Phi) is 1.77. The molecule has 3 rings (SSSR count). The fourth-order valence-corrected chi connectivity index (χ4v) is 2.02. The van der Waals surface area contributed by atoms with E-state index in [-0.39, 0.29) is 11.8 Å². The topological polar surface area (TPSA) is 67.5 Å². The van der Waals surface area contributed by atoms with Crippen molar-refractivity contribution in [3.05, 3.63) is 29.7 Å². The molecular weight excluding hydrogens is 206 g/mol. The first-order chi connectivity index (χ1) is 7.66. The average molecular weight is 217 g/mol. The van der Waals surface area contributed by atoms with Gasteiger partial charge in [0.2, 0.25) is 0 Å². The number of hydrogen-bond donors (Lipinski definition) is 1. The van der Waals surface area contributed by atoms with Gasteiger partial charge in [-0.25, -0.2) is 0 Å². The van der Waals surface area contributed by atoms with Crippen LogP contribution in [0.1, 0.15) is 23.7 Å². The van der Waals surface area contributed by atoms with Crippen LogP contribution in [0.4, 0.5) is 0 Å². The van der Waals surface area contributed by atoms with E-state index < -0.39 is 5.97 Å². The molecule has 0 radical (unpaired) electrons. The smallest absolute Gasteiger partial charge is 0.307 e. The molecule has 0 bridgehead atoms. The largest absolute Gasteiger partial charge is 0.481 e. The number of nitrogens with zero attached hydrogens (tertiary/aromatic N) is 3. The SMILES string of the molecule is Cc1ccn2c(C3CC3C(=O)O)nnc2c1. The number of hydrogen-bond acceptors (Lipinski definition) is 3. The highest BCUT2D eigenvalue weighted by Crippen LogP contribution is 2.46. The van der Waals surface area contributed by atoms with Gasteiger partial charge < -0.3 is 5.11 Å². The Morgan fingerprint density at radius 2 is 2.38 bits per heavy atom. The third-order valence-corrected chi connectivity index (χ3v) is 3.03. The molecule has 0 saturated heterocycles. The number of carboxylic acid groups (broad SMARTS) is 1. The molecule has 0 aliphatic heterocycles.